The fourth-order valence-electron chi connectivity index (χ4n) is 4.46. The van der Waals surface area contributed by atoms with E-state index in [0.29, 0.717) is 26.1 Å². The summed E-state index contributed by atoms with van der Waals surface area (Å²) in [4.78, 5) is 17.4. The zero-order valence-corrected chi connectivity index (χ0v) is 18.1. The van der Waals surface area contributed by atoms with Gasteiger partial charge in [0.15, 0.2) is 0 Å². The molecule has 0 unspecified atom stereocenters. The smallest absolute Gasteiger partial charge is 0.222 e. The van der Waals surface area contributed by atoms with Crippen molar-refractivity contribution in [2.75, 3.05) is 37.7 Å². The van der Waals surface area contributed by atoms with Crippen molar-refractivity contribution < 1.29 is 13.9 Å². The summed E-state index contributed by atoms with van der Waals surface area (Å²) >= 11 is 0. The van der Waals surface area contributed by atoms with Gasteiger partial charge < -0.3 is 19.9 Å². The van der Waals surface area contributed by atoms with E-state index >= 15 is 0 Å². The van der Waals surface area contributed by atoms with Crippen LogP contribution in [0.2, 0.25) is 0 Å². The van der Waals surface area contributed by atoms with Gasteiger partial charge in [0.1, 0.15) is 18.2 Å². The van der Waals surface area contributed by atoms with Crippen LogP contribution in [0.25, 0.3) is 0 Å². The van der Waals surface area contributed by atoms with E-state index in [2.05, 4.69) is 15.1 Å². The minimum atomic E-state index is -0.244. The van der Waals surface area contributed by atoms with Crippen molar-refractivity contribution >= 4 is 11.6 Å². The number of likely N-dealkylation sites (tertiary alicyclic amines) is 1. The lowest BCUT2D eigenvalue weighted by Crippen LogP contribution is -2.45. The van der Waals surface area contributed by atoms with Crippen molar-refractivity contribution in [2.24, 2.45) is 0 Å². The van der Waals surface area contributed by atoms with Crippen molar-refractivity contribution in [1.82, 2.24) is 10.2 Å². The van der Waals surface area contributed by atoms with Gasteiger partial charge in [-0.05, 0) is 68.7 Å². The lowest BCUT2D eigenvalue weighted by atomic mass is 10.1. The first kappa shape index (κ1) is 21.6. The van der Waals surface area contributed by atoms with E-state index in [1.54, 1.807) is 12.1 Å². The van der Waals surface area contributed by atoms with Gasteiger partial charge in [0.25, 0.3) is 0 Å². The highest BCUT2D eigenvalue weighted by Gasteiger charge is 2.29. The number of nitrogens with one attached hydrogen (secondary N) is 1. The molecule has 1 atom stereocenters. The van der Waals surface area contributed by atoms with E-state index < -0.39 is 0 Å². The summed E-state index contributed by atoms with van der Waals surface area (Å²) < 4.78 is 19.3. The van der Waals surface area contributed by atoms with Crippen LogP contribution in [0.3, 0.4) is 0 Å². The largest absolute Gasteiger partial charge is 0.489 e. The monoisotopic (exact) mass is 425 g/mol. The second kappa shape index (κ2) is 10.6. The van der Waals surface area contributed by atoms with Gasteiger partial charge in [0.05, 0.1) is 18.2 Å². The number of amides is 1. The SMILES string of the molecule is O=C(C[C@H]1COc2ccccc2N1Cc1ccc(F)cc1)NCCCN1CCCCC1. The van der Waals surface area contributed by atoms with E-state index in [1.165, 1.54) is 44.5 Å². The first-order valence-electron chi connectivity index (χ1n) is 11.4. The van der Waals surface area contributed by atoms with Crippen molar-refractivity contribution in [3.8, 4) is 5.75 Å². The molecule has 1 fully saturated rings. The molecule has 0 bridgehead atoms. The maximum Gasteiger partial charge on any atom is 0.222 e. The van der Waals surface area contributed by atoms with Crippen molar-refractivity contribution in [1.29, 1.82) is 0 Å². The van der Waals surface area contributed by atoms with Crippen LogP contribution < -0.4 is 15.0 Å². The first-order valence-corrected chi connectivity index (χ1v) is 11.4. The van der Waals surface area contributed by atoms with Crippen LogP contribution in [0.1, 0.15) is 37.7 Å². The molecule has 2 aliphatic rings. The molecule has 1 N–H and O–H groups in total. The predicted molar refractivity (Wildman–Crippen MR) is 121 cm³/mol. The number of nitrogens with zero attached hydrogens (tertiary/aromatic N) is 2. The topological polar surface area (TPSA) is 44.8 Å². The second-order valence-electron chi connectivity index (χ2n) is 8.50. The highest BCUT2D eigenvalue weighted by atomic mass is 19.1. The highest BCUT2D eigenvalue weighted by molar-refractivity contribution is 5.77. The van der Waals surface area contributed by atoms with Crippen LogP contribution in [0.15, 0.2) is 48.5 Å². The van der Waals surface area contributed by atoms with E-state index in [4.69, 9.17) is 4.74 Å². The Morgan fingerprint density at radius 3 is 2.65 bits per heavy atom. The maximum atomic E-state index is 13.3. The molecular formula is C25H32FN3O2. The molecule has 0 aliphatic carbocycles. The number of fused-ring (bicyclic) bond motifs is 1. The van der Waals surface area contributed by atoms with Crippen LogP contribution in [0.5, 0.6) is 5.75 Å². The summed E-state index contributed by atoms with van der Waals surface area (Å²) in [7, 11) is 0. The van der Waals surface area contributed by atoms with Gasteiger partial charge >= 0.3 is 0 Å². The maximum absolute atomic E-state index is 13.3. The number of para-hydroxylation sites is 2. The molecule has 31 heavy (non-hydrogen) atoms. The summed E-state index contributed by atoms with van der Waals surface area (Å²) in [6, 6.07) is 14.4. The Morgan fingerprint density at radius 2 is 1.84 bits per heavy atom. The molecular weight excluding hydrogens is 393 g/mol. The van der Waals surface area contributed by atoms with Crippen LogP contribution in [-0.2, 0) is 11.3 Å². The normalized spacial score (nSPS) is 18.9. The number of piperidine rings is 1. The first-order chi connectivity index (χ1) is 15.2. The van der Waals surface area contributed by atoms with E-state index in [0.717, 1.165) is 30.0 Å². The molecule has 2 aromatic rings. The van der Waals surface area contributed by atoms with Crippen molar-refractivity contribution in [2.45, 2.75) is 44.7 Å². The number of ether oxygens (including phenoxy) is 1. The Morgan fingerprint density at radius 1 is 1.06 bits per heavy atom. The van der Waals surface area contributed by atoms with E-state index in [1.807, 2.05) is 24.3 Å². The number of carbonyl (C=O) groups excluding carboxylic acids is 1. The molecule has 4 rings (SSSR count). The Balaban J connectivity index is 1.34. The molecule has 2 aromatic carbocycles. The lowest BCUT2D eigenvalue weighted by molar-refractivity contribution is -0.121. The summed E-state index contributed by atoms with van der Waals surface area (Å²) in [6.07, 6.45) is 5.28. The Bertz CT molecular complexity index is 852. The molecule has 166 valence electrons. The van der Waals surface area contributed by atoms with Gasteiger partial charge in [-0.3, -0.25) is 4.79 Å². The Hall–Kier alpha value is -2.60. The molecule has 1 amide bonds. The molecule has 0 spiro atoms. The van der Waals surface area contributed by atoms with Gasteiger partial charge in [0.2, 0.25) is 5.91 Å². The molecule has 0 saturated carbocycles. The molecule has 2 aliphatic heterocycles. The van der Waals surface area contributed by atoms with Gasteiger partial charge in [-0.2, -0.15) is 0 Å². The second-order valence-corrected chi connectivity index (χ2v) is 8.50. The zero-order chi connectivity index (χ0) is 21.5. The number of rotatable bonds is 8. The van der Waals surface area contributed by atoms with Gasteiger partial charge in [-0.1, -0.05) is 30.7 Å². The Labute approximate surface area is 184 Å². The number of anilines is 1. The average Bonchev–Trinajstić information content (AvgIpc) is 2.80. The molecule has 1 saturated heterocycles. The number of benzene rings is 2. The summed E-state index contributed by atoms with van der Waals surface area (Å²) in [6.45, 7) is 5.19. The number of carbonyl (C=O) groups is 1. The zero-order valence-electron chi connectivity index (χ0n) is 18.1. The van der Waals surface area contributed by atoms with E-state index in [-0.39, 0.29) is 17.8 Å². The van der Waals surface area contributed by atoms with Gasteiger partial charge in [0, 0.05) is 13.1 Å². The lowest BCUT2D eigenvalue weighted by Gasteiger charge is -2.38. The third-order valence-electron chi connectivity index (χ3n) is 6.16. The van der Waals surface area contributed by atoms with Gasteiger partial charge in [-0.25, -0.2) is 4.39 Å². The predicted octanol–water partition coefficient (Wildman–Crippen LogP) is 3.98. The van der Waals surface area contributed by atoms with Crippen molar-refractivity contribution in [3.63, 3.8) is 0 Å². The molecule has 5 nitrogen and oxygen atoms in total. The number of halogens is 1. The van der Waals surface area contributed by atoms with Crippen molar-refractivity contribution in [3.05, 3.63) is 59.9 Å². The molecule has 0 radical (unpaired) electrons. The summed E-state index contributed by atoms with van der Waals surface area (Å²) in [5.41, 5.74) is 1.98. The summed E-state index contributed by atoms with van der Waals surface area (Å²) in [5, 5.41) is 3.09. The third kappa shape index (κ3) is 5.97. The fourth-order valence-corrected chi connectivity index (χ4v) is 4.46. The standard InChI is InChI=1S/C25H32FN3O2/c26-21-11-9-20(10-12-21)18-29-22(19-31-24-8-3-2-7-23(24)29)17-25(30)27-13-6-16-28-14-4-1-5-15-28/h2-3,7-12,22H,1,4-6,13-19H2,(H,27,30)/t22-/m0/s1. The minimum absolute atomic E-state index is 0.0516. The minimum Gasteiger partial charge on any atom is -0.489 e. The van der Waals surface area contributed by atoms with Crippen LogP contribution in [0.4, 0.5) is 10.1 Å². The number of hydrogen-bond acceptors (Lipinski definition) is 4. The number of hydrogen-bond donors (Lipinski definition) is 1. The fraction of sp³-hybridized carbons (Fsp3) is 0.480. The average molecular weight is 426 g/mol. The summed E-state index contributed by atoms with van der Waals surface area (Å²) in [5.74, 6) is 0.630. The molecule has 2 heterocycles. The van der Waals surface area contributed by atoms with Crippen LogP contribution in [-0.4, -0.2) is 49.6 Å². The van der Waals surface area contributed by atoms with Crippen LogP contribution >= 0.6 is 0 Å². The van der Waals surface area contributed by atoms with Gasteiger partial charge in [-0.15, -0.1) is 0 Å². The third-order valence-corrected chi connectivity index (χ3v) is 6.16. The molecule has 6 heteroatoms. The Kier molecular flexibility index (Phi) is 7.41. The quantitative estimate of drug-likeness (QED) is 0.650. The van der Waals surface area contributed by atoms with Crippen LogP contribution in [0, 0.1) is 5.82 Å². The molecule has 0 aromatic heterocycles. The van der Waals surface area contributed by atoms with E-state index in [9.17, 15) is 9.18 Å². The highest BCUT2D eigenvalue weighted by Crippen LogP contribution is 2.35.